The summed E-state index contributed by atoms with van der Waals surface area (Å²) in [5.41, 5.74) is 1.61. The second-order valence-electron chi connectivity index (χ2n) is 9.23. The lowest BCUT2D eigenvalue weighted by Crippen LogP contribution is -2.34. The topological polar surface area (TPSA) is 37.3 Å². The first-order valence-electron chi connectivity index (χ1n) is 12.4. The molecule has 190 valence electrons. The molecule has 0 fully saturated rings. The number of amides is 1. The molecule has 0 saturated heterocycles. The van der Waals surface area contributed by atoms with Gasteiger partial charge in [-0.15, -0.1) is 0 Å². The molecule has 0 saturated carbocycles. The van der Waals surface area contributed by atoms with E-state index in [0.29, 0.717) is 5.56 Å². The Morgan fingerprint density at radius 3 is 2.49 bits per heavy atom. The Balaban J connectivity index is 1.84. The Bertz CT molecular complexity index is 1120. The number of carbonyl (C=O) groups excluding carboxylic acids is 1. The Morgan fingerprint density at radius 1 is 1.09 bits per heavy atom. The van der Waals surface area contributed by atoms with Crippen molar-refractivity contribution in [3.05, 3.63) is 71.4 Å². The SMILES string of the molecule is CCN(CC)CCC[C@H](C)NC(=O)C[C@@H](c1cccc(C(F)(F)F)c1)c1cn(C)c2ccccc12. The number of benzene rings is 2. The molecule has 1 heterocycles. The normalized spacial score (nSPS) is 13.8. The maximum absolute atomic E-state index is 13.5. The highest BCUT2D eigenvalue weighted by Gasteiger charge is 2.32. The highest BCUT2D eigenvalue weighted by Crippen LogP contribution is 2.37. The van der Waals surface area contributed by atoms with Crippen LogP contribution < -0.4 is 5.32 Å². The number of aromatic nitrogens is 1. The van der Waals surface area contributed by atoms with Crippen LogP contribution in [0.1, 0.15) is 62.6 Å². The molecule has 0 aliphatic rings. The van der Waals surface area contributed by atoms with Gasteiger partial charge in [0.1, 0.15) is 0 Å². The fraction of sp³-hybridized carbons (Fsp3) is 0.464. The number of fused-ring (bicyclic) bond motifs is 1. The van der Waals surface area contributed by atoms with E-state index in [1.165, 1.54) is 12.1 Å². The van der Waals surface area contributed by atoms with Gasteiger partial charge in [-0.25, -0.2) is 0 Å². The number of para-hydroxylation sites is 1. The van der Waals surface area contributed by atoms with Crippen molar-refractivity contribution in [2.24, 2.45) is 7.05 Å². The van der Waals surface area contributed by atoms with Gasteiger partial charge in [0.15, 0.2) is 0 Å². The van der Waals surface area contributed by atoms with Gasteiger partial charge in [-0.2, -0.15) is 13.2 Å². The minimum absolute atomic E-state index is 0.00672. The number of halogens is 3. The second kappa shape index (κ2) is 11.8. The molecule has 1 amide bonds. The predicted octanol–water partition coefficient (Wildman–Crippen LogP) is 6.35. The molecule has 0 spiro atoms. The minimum Gasteiger partial charge on any atom is -0.354 e. The molecule has 1 aromatic heterocycles. The highest BCUT2D eigenvalue weighted by atomic mass is 19.4. The Hall–Kier alpha value is -2.80. The Morgan fingerprint density at radius 2 is 1.80 bits per heavy atom. The standard InChI is InChI=1S/C28H36F3N3O/c1-5-34(6-2)16-10-11-20(3)32-27(35)18-24(21-12-9-13-22(17-21)28(29,30)31)25-19-33(4)26-15-8-7-14-23(25)26/h7-9,12-15,17,19-20,24H,5-6,10-11,16,18H2,1-4H3,(H,32,35)/t20-,24-/m0/s1. The summed E-state index contributed by atoms with van der Waals surface area (Å²) in [6.45, 7) is 9.24. The van der Waals surface area contributed by atoms with Crippen LogP contribution >= 0.6 is 0 Å². The third-order valence-corrected chi connectivity index (χ3v) is 6.72. The number of carbonyl (C=O) groups is 1. The molecule has 0 unspecified atom stereocenters. The van der Waals surface area contributed by atoms with Gasteiger partial charge < -0.3 is 14.8 Å². The lowest BCUT2D eigenvalue weighted by atomic mass is 9.87. The summed E-state index contributed by atoms with van der Waals surface area (Å²) in [5, 5.41) is 4.01. The Kier molecular flexibility index (Phi) is 9.00. The summed E-state index contributed by atoms with van der Waals surface area (Å²) in [6.07, 6.45) is -0.610. The lowest BCUT2D eigenvalue weighted by Gasteiger charge is -2.22. The number of hydrogen-bond acceptors (Lipinski definition) is 2. The third-order valence-electron chi connectivity index (χ3n) is 6.72. The molecule has 0 aliphatic carbocycles. The molecular weight excluding hydrogens is 451 g/mol. The molecule has 4 nitrogen and oxygen atoms in total. The number of alkyl halides is 3. The van der Waals surface area contributed by atoms with E-state index in [2.05, 4.69) is 24.1 Å². The van der Waals surface area contributed by atoms with Gasteiger partial charge in [0.05, 0.1) is 5.56 Å². The van der Waals surface area contributed by atoms with Crippen LogP contribution in [0.25, 0.3) is 10.9 Å². The minimum atomic E-state index is -4.44. The van der Waals surface area contributed by atoms with E-state index in [1.807, 2.05) is 49.0 Å². The molecule has 0 aliphatic heterocycles. The van der Waals surface area contributed by atoms with Gasteiger partial charge in [0, 0.05) is 42.5 Å². The summed E-state index contributed by atoms with van der Waals surface area (Å²) >= 11 is 0. The maximum atomic E-state index is 13.5. The molecule has 3 rings (SSSR count). The number of hydrogen-bond donors (Lipinski definition) is 1. The van der Waals surface area contributed by atoms with Gasteiger partial charge in [0.25, 0.3) is 0 Å². The van der Waals surface area contributed by atoms with Gasteiger partial charge in [-0.1, -0.05) is 50.2 Å². The van der Waals surface area contributed by atoms with Crippen LogP contribution in [0.4, 0.5) is 13.2 Å². The molecular formula is C28H36F3N3O. The summed E-state index contributed by atoms with van der Waals surface area (Å²) in [6, 6.07) is 13.1. The summed E-state index contributed by atoms with van der Waals surface area (Å²) in [7, 11) is 1.91. The van der Waals surface area contributed by atoms with E-state index >= 15 is 0 Å². The van der Waals surface area contributed by atoms with Crippen LogP contribution in [-0.2, 0) is 18.0 Å². The average Bonchev–Trinajstić information content (AvgIpc) is 3.16. The van der Waals surface area contributed by atoms with Crippen LogP contribution in [0.3, 0.4) is 0 Å². The van der Waals surface area contributed by atoms with Gasteiger partial charge >= 0.3 is 6.18 Å². The van der Waals surface area contributed by atoms with Crippen LogP contribution in [-0.4, -0.2) is 41.1 Å². The van der Waals surface area contributed by atoms with Crippen LogP contribution in [0.15, 0.2) is 54.7 Å². The second-order valence-corrected chi connectivity index (χ2v) is 9.23. The van der Waals surface area contributed by atoms with Crippen molar-refractivity contribution >= 4 is 16.8 Å². The quantitative estimate of drug-likeness (QED) is 0.342. The molecule has 2 atom stereocenters. The maximum Gasteiger partial charge on any atom is 0.416 e. The number of nitrogens with zero attached hydrogens (tertiary/aromatic N) is 2. The van der Waals surface area contributed by atoms with E-state index < -0.39 is 17.7 Å². The summed E-state index contributed by atoms with van der Waals surface area (Å²) in [5.74, 6) is -0.651. The van der Waals surface area contributed by atoms with Crippen molar-refractivity contribution in [2.45, 2.75) is 58.2 Å². The first-order valence-corrected chi connectivity index (χ1v) is 12.4. The molecule has 1 N–H and O–H groups in total. The predicted molar refractivity (Wildman–Crippen MR) is 135 cm³/mol. The summed E-state index contributed by atoms with van der Waals surface area (Å²) in [4.78, 5) is 15.4. The summed E-state index contributed by atoms with van der Waals surface area (Å²) < 4.78 is 42.4. The zero-order valence-electron chi connectivity index (χ0n) is 21.0. The molecule has 7 heteroatoms. The van der Waals surface area contributed by atoms with Crippen LogP contribution in [0.5, 0.6) is 0 Å². The van der Waals surface area contributed by atoms with Crippen molar-refractivity contribution in [2.75, 3.05) is 19.6 Å². The van der Waals surface area contributed by atoms with Gasteiger partial charge in [-0.05, 0) is 62.7 Å². The number of nitrogens with one attached hydrogen (secondary N) is 1. The molecule has 0 radical (unpaired) electrons. The smallest absolute Gasteiger partial charge is 0.354 e. The lowest BCUT2D eigenvalue weighted by molar-refractivity contribution is -0.137. The zero-order chi connectivity index (χ0) is 25.6. The van der Waals surface area contributed by atoms with Gasteiger partial charge in [0.2, 0.25) is 5.91 Å². The monoisotopic (exact) mass is 487 g/mol. The van der Waals surface area contributed by atoms with Crippen molar-refractivity contribution in [3.63, 3.8) is 0 Å². The highest BCUT2D eigenvalue weighted by molar-refractivity contribution is 5.86. The first-order chi connectivity index (χ1) is 16.6. The first kappa shape index (κ1) is 26.8. The third kappa shape index (κ3) is 6.88. The van der Waals surface area contributed by atoms with E-state index in [0.717, 1.165) is 55.0 Å². The zero-order valence-corrected chi connectivity index (χ0v) is 21.0. The fourth-order valence-corrected chi connectivity index (χ4v) is 4.74. The van der Waals surface area contributed by atoms with Crippen molar-refractivity contribution in [1.82, 2.24) is 14.8 Å². The Labute approximate surface area is 206 Å². The van der Waals surface area contributed by atoms with E-state index in [4.69, 9.17) is 0 Å². The van der Waals surface area contributed by atoms with Crippen molar-refractivity contribution in [1.29, 1.82) is 0 Å². The van der Waals surface area contributed by atoms with E-state index in [-0.39, 0.29) is 18.4 Å². The molecule has 2 aromatic carbocycles. The molecule has 3 aromatic rings. The fourth-order valence-electron chi connectivity index (χ4n) is 4.74. The van der Waals surface area contributed by atoms with E-state index in [9.17, 15) is 18.0 Å². The average molecular weight is 488 g/mol. The largest absolute Gasteiger partial charge is 0.416 e. The van der Waals surface area contributed by atoms with Crippen molar-refractivity contribution in [3.8, 4) is 0 Å². The van der Waals surface area contributed by atoms with E-state index in [1.54, 1.807) is 6.07 Å². The molecule has 0 bridgehead atoms. The van der Waals surface area contributed by atoms with Gasteiger partial charge in [-0.3, -0.25) is 4.79 Å². The number of rotatable bonds is 11. The van der Waals surface area contributed by atoms with Crippen LogP contribution in [0.2, 0.25) is 0 Å². The van der Waals surface area contributed by atoms with Crippen LogP contribution in [0, 0.1) is 0 Å². The number of aryl methyl sites for hydroxylation is 1. The molecule has 35 heavy (non-hydrogen) atoms. The van der Waals surface area contributed by atoms with Crippen molar-refractivity contribution < 1.29 is 18.0 Å².